The highest BCUT2D eigenvalue weighted by Gasteiger charge is 2.16. The number of esters is 1. The number of amidine groups is 1. The fourth-order valence-corrected chi connectivity index (χ4v) is 2.48. The minimum Gasteiger partial charge on any atom is -0.468 e. The second-order valence-electron chi connectivity index (χ2n) is 5.87. The Labute approximate surface area is 155 Å². The summed E-state index contributed by atoms with van der Waals surface area (Å²) in [5.74, 6) is -0.0126. The molecular weight excluding hydrogens is 346 g/mol. The monoisotopic (exact) mass is 365 g/mol. The van der Waals surface area contributed by atoms with Gasteiger partial charge in [0.05, 0.1) is 12.8 Å². The molecule has 0 amide bonds. The Balaban J connectivity index is 1.74. The zero-order valence-electron chi connectivity index (χ0n) is 14.7. The van der Waals surface area contributed by atoms with E-state index in [1.54, 1.807) is 41.6 Å². The van der Waals surface area contributed by atoms with Gasteiger partial charge in [0.2, 0.25) is 5.95 Å². The number of nitrogens with one attached hydrogen (secondary N) is 1. The van der Waals surface area contributed by atoms with Gasteiger partial charge in [0, 0.05) is 36.1 Å². The second-order valence-corrected chi connectivity index (χ2v) is 5.87. The van der Waals surface area contributed by atoms with E-state index in [0.29, 0.717) is 17.2 Å². The van der Waals surface area contributed by atoms with Crippen LogP contribution in [0.4, 0.5) is 0 Å². The minimum absolute atomic E-state index is 0.0241. The van der Waals surface area contributed by atoms with Crippen molar-refractivity contribution in [2.24, 2.45) is 11.5 Å². The summed E-state index contributed by atoms with van der Waals surface area (Å²) in [5, 5.41) is 7.42. The predicted octanol–water partition coefficient (Wildman–Crippen LogP) is 0.656. The number of nitrogens with two attached hydrogens (primary N) is 2. The molecule has 1 atom stereocenters. The number of nitrogen functional groups attached to an aromatic ring is 1. The lowest BCUT2D eigenvalue weighted by molar-refractivity contribution is -0.142. The number of aromatic nitrogens is 4. The van der Waals surface area contributed by atoms with Gasteiger partial charge >= 0.3 is 5.97 Å². The molecule has 3 aromatic rings. The van der Waals surface area contributed by atoms with Crippen molar-refractivity contribution in [3.05, 3.63) is 60.4 Å². The first-order valence-electron chi connectivity index (χ1n) is 8.11. The van der Waals surface area contributed by atoms with Crippen molar-refractivity contribution in [1.82, 2.24) is 19.5 Å². The molecule has 0 saturated heterocycles. The van der Waals surface area contributed by atoms with E-state index in [-0.39, 0.29) is 12.3 Å². The minimum atomic E-state index is -0.764. The van der Waals surface area contributed by atoms with Crippen molar-refractivity contribution in [2.45, 2.75) is 12.5 Å². The molecule has 0 saturated carbocycles. The van der Waals surface area contributed by atoms with Gasteiger partial charge in [-0.15, -0.1) is 0 Å². The first kappa shape index (κ1) is 18.2. The van der Waals surface area contributed by atoms with E-state index in [2.05, 4.69) is 19.7 Å². The van der Waals surface area contributed by atoms with Crippen LogP contribution in [-0.2, 0) is 16.0 Å². The molecule has 0 aliphatic rings. The summed E-state index contributed by atoms with van der Waals surface area (Å²) in [6.07, 6.45) is 6.95. The fourth-order valence-electron chi connectivity index (χ4n) is 2.48. The molecule has 2 aromatic heterocycles. The van der Waals surface area contributed by atoms with Crippen LogP contribution < -0.4 is 11.5 Å². The van der Waals surface area contributed by atoms with Gasteiger partial charge in [0.1, 0.15) is 18.2 Å². The third-order valence-corrected chi connectivity index (χ3v) is 3.97. The lowest BCUT2D eigenvalue weighted by atomic mass is 10.1. The van der Waals surface area contributed by atoms with Gasteiger partial charge in [0.25, 0.3) is 0 Å². The summed E-state index contributed by atoms with van der Waals surface area (Å²) >= 11 is 0. The van der Waals surface area contributed by atoms with E-state index < -0.39 is 12.0 Å². The van der Waals surface area contributed by atoms with E-state index in [1.807, 2.05) is 12.1 Å². The number of hydrogen-bond acceptors (Lipinski definition) is 7. The Bertz CT molecular complexity index is 949. The van der Waals surface area contributed by atoms with Crippen molar-refractivity contribution >= 4 is 11.8 Å². The van der Waals surface area contributed by atoms with Crippen LogP contribution in [0.1, 0.15) is 11.3 Å². The van der Waals surface area contributed by atoms with Crippen molar-refractivity contribution in [2.75, 3.05) is 7.11 Å². The van der Waals surface area contributed by atoms with E-state index in [0.717, 1.165) is 11.1 Å². The topological polar surface area (TPSA) is 146 Å². The van der Waals surface area contributed by atoms with Crippen molar-refractivity contribution < 1.29 is 9.53 Å². The number of ether oxygens (including phenoxy) is 1. The van der Waals surface area contributed by atoms with Crippen LogP contribution in [0.3, 0.4) is 0 Å². The summed E-state index contributed by atoms with van der Waals surface area (Å²) in [7, 11) is 1.30. The maximum atomic E-state index is 11.4. The van der Waals surface area contributed by atoms with Crippen LogP contribution in [0, 0.1) is 5.41 Å². The lowest BCUT2D eigenvalue weighted by Crippen LogP contribution is -2.33. The molecule has 0 radical (unpaired) electrons. The van der Waals surface area contributed by atoms with E-state index in [9.17, 15) is 4.79 Å². The molecule has 0 aliphatic carbocycles. The molecule has 27 heavy (non-hydrogen) atoms. The molecular formula is C18H19N7O2. The van der Waals surface area contributed by atoms with Gasteiger partial charge in [-0.05, 0) is 5.56 Å². The van der Waals surface area contributed by atoms with E-state index in [4.69, 9.17) is 16.9 Å². The Hall–Kier alpha value is -3.59. The normalized spacial score (nSPS) is 11.8. The number of methoxy groups -OCH3 is 1. The molecule has 1 unspecified atom stereocenters. The van der Waals surface area contributed by atoms with Crippen molar-refractivity contribution in [3.63, 3.8) is 0 Å². The lowest BCUT2D eigenvalue weighted by Gasteiger charge is -2.06. The zero-order valence-corrected chi connectivity index (χ0v) is 14.7. The summed E-state index contributed by atoms with van der Waals surface area (Å²) in [6.45, 7) is 0. The summed E-state index contributed by atoms with van der Waals surface area (Å²) in [4.78, 5) is 24.3. The number of nitrogens with zero attached hydrogens (tertiary/aromatic N) is 4. The maximum absolute atomic E-state index is 11.4. The molecule has 0 bridgehead atoms. The van der Waals surface area contributed by atoms with Gasteiger partial charge in [-0.1, -0.05) is 24.3 Å². The SMILES string of the molecule is COC(=O)C(N)Cc1cn(-c2ncc(-c3ccc(C(=N)N)cc3)cn2)cn1. The standard InChI is InChI=1S/C18H19N7O2/c1-27-17(26)15(19)6-14-9-25(10-24-14)18-22-7-13(8-23-18)11-2-4-12(5-3-11)16(20)21/h2-5,7-10,15H,6,19H2,1H3,(H3,20,21). The van der Waals surface area contributed by atoms with Crippen LogP contribution in [0.25, 0.3) is 17.1 Å². The number of carbonyl (C=O) groups excluding carboxylic acids is 1. The number of benzene rings is 1. The maximum Gasteiger partial charge on any atom is 0.323 e. The Morgan fingerprint density at radius 2 is 1.85 bits per heavy atom. The molecule has 0 spiro atoms. The molecule has 3 rings (SSSR count). The summed E-state index contributed by atoms with van der Waals surface area (Å²) in [6, 6.07) is 6.51. The molecule has 1 aromatic carbocycles. The van der Waals surface area contributed by atoms with Crippen LogP contribution in [-0.4, -0.2) is 44.5 Å². The quantitative estimate of drug-likeness (QED) is 0.330. The van der Waals surface area contributed by atoms with Gasteiger partial charge < -0.3 is 16.2 Å². The first-order chi connectivity index (χ1) is 13.0. The highest BCUT2D eigenvalue weighted by Crippen LogP contribution is 2.18. The fraction of sp³-hybridized carbons (Fsp3) is 0.167. The van der Waals surface area contributed by atoms with Crippen LogP contribution in [0.15, 0.2) is 49.2 Å². The summed E-state index contributed by atoms with van der Waals surface area (Å²) < 4.78 is 6.26. The highest BCUT2D eigenvalue weighted by molar-refractivity contribution is 5.95. The van der Waals surface area contributed by atoms with Crippen LogP contribution in [0.2, 0.25) is 0 Å². The number of imidazole rings is 1. The molecule has 2 heterocycles. The van der Waals surface area contributed by atoms with Crippen LogP contribution >= 0.6 is 0 Å². The number of hydrogen-bond donors (Lipinski definition) is 3. The largest absolute Gasteiger partial charge is 0.468 e. The van der Waals surface area contributed by atoms with Gasteiger partial charge in [0.15, 0.2) is 0 Å². The average Bonchev–Trinajstić information content (AvgIpc) is 3.16. The molecule has 138 valence electrons. The molecule has 9 nitrogen and oxygen atoms in total. The van der Waals surface area contributed by atoms with Gasteiger partial charge in [-0.3, -0.25) is 14.8 Å². The summed E-state index contributed by atoms with van der Waals surface area (Å²) in [5.41, 5.74) is 14.3. The highest BCUT2D eigenvalue weighted by atomic mass is 16.5. The van der Waals surface area contributed by atoms with Crippen molar-refractivity contribution in [3.8, 4) is 17.1 Å². The molecule has 5 N–H and O–H groups in total. The first-order valence-corrected chi connectivity index (χ1v) is 8.11. The van der Waals surface area contributed by atoms with Gasteiger partial charge in [-0.25, -0.2) is 15.0 Å². The molecule has 0 aliphatic heterocycles. The zero-order chi connectivity index (χ0) is 19.4. The molecule has 0 fully saturated rings. The van der Waals surface area contributed by atoms with E-state index >= 15 is 0 Å². The smallest absolute Gasteiger partial charge is 0.323 e. The predicted molar refractivity (Wildman–Crippen MR) is 99.3 cm³/mol. The third kappa shape index (κ3) is 4.15. The Morgan fingerprint density at radius 1 is 1.19 bits per heavy atom. The van der Waals surface area contributed by atoms with Crippen LogP contribution in [0.5, 0.6) is 0 Å². The van der Waals surface area contributed by atoms with Gasteiger partial charge in [-0.2, -0.15) is 0 Å². The Morgan fingerprint density at radius 3 is 2.44 bits per heavy atom. The third-order valence-electron chi connectivity index (χ3n) is 3.97. The average molecular weight is 365 g/mol. The van der Waals surface area contributed by atoms with Crippen molar-refractivity contribution in [1.29, 1.82) is 5.41 Å². The second kappa shape index (κ2) is 7.75. The Kier molecular flexibility index (Phi) is 5.23. The number of rotatable bonds is 6. The molecule has 9 heteroatoms. The number of carbonyl (C=O) groups is 1. The van der Waals surface area contributed by atoms with E-state index in [1.165, 1.54) is 7.11 Å².